The summed E-state index contributed by atoms with van der Waals surface area (Å²) in [4.78, 5) is 11.8. The summed E-state index contributed by atoms with van der Waals surface area (Å²) >= 11 is 0. The molecule has 0 aliphatic heterocycles. The molecule has 0 atom stereocenters. The van der Waals surface area contributed by atoms with Crippen molar-refractivity contribution in [3.63, 3.8) is 0 Å². The summed E-state index contributed by atoms with van der Waals surface area (Å²) in [6.07, 6.45) is 23.1. The average molecular weight is 395 g/mol. The van der Waals surface area contributed by atoms with Crippen LogP contribution in [0.3, 0.4) is 0 Å². The lowest BCUT2D eigenvalue weighted by atomic mass is 9.85. The highest BCUT2D eigenvalue weighted by Crippen LogP contribution is 2.28. The monoisotopic (exact) mass is 394 g/mol. The summed E-state index contributed by atoms with van der Waals surface area (Å²) in [6.45, 7) is 8.46. The standard InChI is InChI=1S/C26H50O2/c1-5-7-9-11-13-15-17-19-21-24(25(23(3)4)26(27)28)22-20-18-16-14-12-10-8-6-2/h24H,5-22H2,1-4H3,(H,27,28). The largest absolute Gasteiger partial charge is 0.478 e. The molecule has 0 unspecified atom stereocenters. The molecule has 0 radical (unpaired) electrons. The van der Waals surface area contributed by atoms with E-state index >= 15 is 0 Å². The number of hydrogen-bond donors (Lipinski definition) is 1. The van der Waals surface area contributed by atoms with Crippen LogP contribution in [-0.4, -0.2) is 11.1 Å². The molecule has 2 heteroatoms. The van der Waals surface area contributed by atoms with E-state index in [2.05, 4.69) is 13.8 Å². The van der Waals surface area contributed by atoms with Gasteiger partial charge in [0.25, 0.3) is 0 Å². The number of unbranched alkanes of at least 4 members (excludes halogenated alkanes) is 14. The van der Waals surface area contributed by atoms with Crippen molar-refractivity contribution in [2.75, 3.05) is 0 Å². The Morgan fingerprint density at radius 3 is 1.21 bits per heavy atom. The minimum atomic E-state index is -0.691. The van der Waals surface area contributed by atoms with E-state index in [0.717, 1.165) is 18.4 Å². The van der Waals surface area contributed by atoms with Crippen LogP contribution in [0, 0.1) is 5.92 Å². The maximum Gasteiger partial charge on any atom is 0.331 e. The molecule has 0 rings (SSSR count). The predicted molar refractivity (Wildman–Crippen MR) is 124 cm³/mol. The first-order chi connectivity index (χ1) is 13.5. The van der Waals surface area contributed by atoms with Gasteiger partial charge < -0.3 is 5.11 Å². The molecule has 0 fully saturated rings. The van der Waals surface area contributed by atoms with Gasteiger partial charge in [0.05, 0.1) is 0 Å². The number of aliphatic carboxylic acids is 1. The fraction of sp³-hybridized carbons (Fsp3) is 0.885. The first-order valence-electron chi connectivity index (χ1n) is 12.4. The molecule has 0 aliphatic carbocycles. The Hall–Kier alpha value is -0.790. The quantitative estimate of drug-likeness (QED) is 0.165. The first kappa shape index (κ1) is 27.2. The van der Waals surface area contributed by atoms with Gasteiger partial charge in [0.15, 0.2) is 0 Å². The van der Waals surface area contributed by atoms with Crippen molar-refractivity contribution in [3.05, 3.63) is 11.1 Å². The van der Waals surface area contributed by atoms with Crippen LogP contribution < -0.4 is 0 Å². The molecule has 0 spiro atoms. The lowest BCUT2D eigenvalue weighted by Crippen LogP contribution is -2.15. The van der Waals surface area contributed by atoms with Gasteiger partial charge in [0.2, 0.25) is 0 Å². The molecule has 0 aromatic heterocycles. The van der Waals surface area contributed by atoms with Crippen LogP contribution in [0.15, 0.2) is 11.1 Å². The molecule has 0 saturated heterocycles. The number of allylic oxidation sites excluding steroid dienone is 1. The Morgan fingerprint density at radius 2 is 0.929 bits per heavy atom. The van der Waals surface area contributed by atoms with Crippen LogP contribution in [-0.2, 0) is 4.79 Å². The van der Waals surface area contributed by atoms with Crippen molar-refractivity contribution in [1.82, 2.24) is 0 Å². The van der Waals surface area contributed by atoms with Gasteiger partial charge in [-0.15, -0.1) is 0 Å². The number of carbonyl (C=O) groups is 1. The molecule has 2 nitrogen and oxygen atoms in total. The summed E-state index contributed by atoms with van der Waals surface area (Å²) in [6, 6.07) is 0. The van der Waals surface area contributed by atoms with E-state index < -0.39 is 5.97 Å². The second-order valence-electron chi connectivity index (χ2n) is 8.94. The second-order valence-corrected chi connectivity index (χ2v) is 8.94. The highest BCUT2D eigenvalue weighted by Gasteiger charge is 2.21. The van der Waals surface area contributed by atoms with Crippen LogP contribution in [0.25, 0.3) is 0 Å². The van der Waals surface area contributed by atoms with Gasteiger partial charge in [0.1, 0.15) is 0 Å². The normalized spacial score (nSPS) is 11.2. The number of hydrogen-bond acceptors (Lipinski definition) is 1. The van der Waals surface area contributed by atoms with E-state index in [-0.39, 0.29) is 5.92 Å². The van der Waals surface area contributed by atoms with Gasteiger partial charge in [-0.3, -0.25) is 0 Å². The summed E-state index contributed by atoms with van der Waals surface area (Å²) in [5, 5.41) is 9.70. The third-order valence-electron chi connectivity index (χ3n) is 5.99. The van der Waals surface area contributed by atoms with E-state index in [1.807, 2.05) is 13.8 Å². The van der Waals surface area contributed by atoms with Crippen LogP contribution in [0.1, 0.15) is 143 Å². The van der Waals surface area contributed by atoms with Crippen LogP contribution in [0.4, 0.5) is 0 Å². The molecule has 0 aromatic carbocycles. The highest BCUT2D eigenvalue weighted by atomic mass is 16.4. The topological polar surface area (TPSA) is 37.3 Å². The Labute approximate surface area is 176 Å². The van der Waals surface area contributed by atoms with Gasteiger partial charge in [-0.1, -0.05) is 122 Å². The predicted octanol–water partition coefficient (Wildman–Crippen LogP) is 9.09. The molecule has 0 aliphatic rings. The van der Waals surface area contributed by atoms with E-state index in [0.29, 0.717) is 5.57 Å². The van der Waals surface area contributed by atoms with Gasteiger partial charge in [-0.25, -0.2) is 4.79 Å². The summed E-state index contributed by atoms with van der Waals surface area (Å²) in [5.41, 5.74) is 1.70. The van der Waals surface area contributed by atoms with Crippen LogP contribution in [0.2, 0.25) is 0 Å². The molecule has 0 bridgehead atoms. The maximum absolute atomic E-state index is 11.8. The lowest BCUT2D eigenvalue weighted by Gasteiger charge is -2.19. The Bertz CT molecular complexity index is 373. The molecule has 0 heterocycles. The van der Waals surface area contributed by atoms with Crippen molar-refractivity contribution in [2.24, 2.45) is 5.92 Å². The minimum absolute atomic E-state index is 0.252. The van der Waals surface area contributed by atoms with Crippen molar-refractivity contribution < 1.29 is 9.90 Å². The van der Waals surface area contributed by atoms with Gasteiger partial charge >= 0.3 is 5.97 Å². The van der Waals surface area contributed by atoms with Gasteiger partial charge in [0, 0.05) is 5.57 Å². The van der Waals surface area contributed by atoms with Crippen molar-refractivity contribution in [1.29, 1.82) is 0 Å². The summed E-state index contributed by atoms with van der Waals surface area (Å²) < 4.78 is 0. The van der Waals surface area contributed by atoms with Gasteiger partial charge in [-0.05, 0) is 32.6 Å². The Kier molecular flexibility index (Phi) is 19.0. The van der Waals surface area contributed by atoms with Crippen molar-refractivity contribution >= 4 is 5.97 Å². The van der Waals surface area contributed by atoms with E-state index in [1.165, 1.54) is 103 Å². The summed E-state index contributed by atoms with van der Waals surface area (Å²) in [7, 11) is 0. The Balaban J connectivity index is 4.20. The third kappa shape index (κ3) is 15.2. The average Bonchev–Trinajstić information content (AvgIpc) is 2.65. The Morgan fingerprint density at radius 1 is 0.607 bits per heavy atom. The minimum Gasteiger partial charge on any atom is -0.478 e. The van der Waals surface area contributed by atoms with Crippen molar-refractivity contribution in [2.45, 2.75) is 143 Å². The number of carboxylic acid groups (broad SMARTS) is 1. The molecule has 0 amide bonds. The first-order valence-corrected chi connectivity index (χ1v) is 12.4. The molecule has 28 heavy (non-hydrogen) atoms. The molecule has 166 valence electrons. The molecular formula is C26H50O2. The fourth-order valence-corrected chi connectivity index (χ4v) is 4.28. The fourth-order valence-electron chi connectivity index (χ4n) is 4.28. The lowest BCUT2D eigenvalue weighted by molar-refractivity contribution is -0.133. The van der Waals surface area contributed by atoms with Gasteiger partial charge in [-0.2, -0.15) is 0 Å². The van der Waals surface area contributed by atoms with Crippen molar-refractivity contribution in [3.8, 4) is 0 Å². The highest BCUT2D eigenvalue weighted by molar-refractivity contribution is 5.87. The van der Waals surface area contributed by atoms with E-state index in [9.17, 15) is 9.90 Å². The van der Waals surface area contributed by atoms with Crippen LogP contribution in [0.5, 0.6) is 0 Å². The zero-order chi connectivity index (χ0) is 21.0. The molecule has 0 aromatic rings. The molecule has 1 N–H and O–H groups in total. The van der Waals surface area contributed by atoms with E-state index in [4.69, 9.17) is 0 Å². The number of rotatable bonds is 20. The zero-order valence-corrected chi connectivity index (χ0v) is 19.7. The smallest absolute Gasteiger partial charge is 0.331 e. The zero-order valence-electron chi connectivity index (χ0n) is 19.7. The number of carboxylic acids is 1. The summed E-state index contributed by atoms with van der Waals surface area (Å²) in [5.74, 6) is -0.438. The second kappa shape index (κ2) is 19.5. The third-order valence-corrected chi connectivity index (χ3v) is 5.99. The van der Waals surface area contributed by atoms with Crippen LogP contribution >= 0.6 is 0 Å². The molecular weight excluding hydrogens is 344 g/mol. The SMILES string of the molecule is CCCCCCCCCCC(CCCCCCCCCC)C(C(=O)O)=C(C)C. The van der Waals surface area contributed by atoms with E-state index in [1.54, 1.807) is 0 Å². The molecule has 0 saturated carbocycles. The maximum atomic E-state index is 11.8.